The maximum absolute atomic E-state index is 11.3. The Balaban J connectivity index is 1.82. The number of nitrogens with zero attached hydrogens (tertiary/aromatic N) is 3. The highest BCUT2D eigenvalue weighted by atomic mass is 16.1. The number of primary amides is 1. The first-order valence-electron chi connectivity index (χ1n) is 7.50. The second kappa shape index (κ2) is 5.62. The zero-order chi connectivity index (χ0) is 16.5. The van der Waals surface area contributed by atoms with Crippen LogP contribution in [0.2, 0.25) is 0 Å². The van der Waals surface area contributed by atoms with Crippen LogP contribution < -0.4 is 5.73 Å². The molecular weight excluding hydrogens is 300 g/mol. The van der Waals surface area contributed by atoms with Crippen LogP contribution in [0.5, 0.6) is 0 Å². The van der Waals surface area contributed by atoms with Crippen LogP contribution in [0.1, 0.15) is 10.4 Å². The number of pyridine rings is 1. The SMILES string of the molecule is NC(=O)c1ccc2c(c1)ncn2-c1cccc(-c2cccnc2)c1. The first-order valence-corrected chi connectivity index (χ1v) is 7.50. The number of nitrogens with two attached hydrogens (primary N) is 1. The van der Waals surface area contributed by atoms with E-state index in [4.69, 9.17) is 5.73 Å². The van der Waals surface area contributed by atoms with E-state index in [1.54, 1.807) is 24.7 Å². The summed E-state index contributed by atoms with van der Waals surface area (Å²) in [5.74, 6) is -0.454. The van der Waals surface area contributed by atoms with Crippen molar-refractivity contribution in [2.45, 2.75) is 0 Å². The molecule has 24 heavy (non-hydrogen) atoms. The Morgan fingerprint density at radius 3 is 2.67 bits per heavy atom. The molecule has 5 heteroatoms. The van der Waals surface area contributed by atoms with Crippen molar-refractivity contribution in [3.05, 3.63) is 78.9 Å². The highest BCUT2D eigenvalue weighted by molar-refractivity contribution is 5.96. The van der Waals surface area contributed by atoms with Gasteiger partial charge in [0.1, 0.15) is 6.33 Å². The van der Waals surface area contributed by atoms with E-state index in [-0.39, 0.29) is 0 Å². The molecule has 0 aliphatic heterocycles. The van der Waals surface area contributed by atoms with Crippen LogP contribution in [-0.4, -0.2) is 20.4 Å². The molecule has 5 nitrogen and oxygen atoms in total. The fourth-order valence-corrected chi connectivity index (χ4v) is 2.74. The lowest BCUT2D eigenvalue weighted by Gasteiger charge is -2.07. The highest BCUT2D eigenvalue weighted by Crippen LogP contribution is 2.24. The van der Waals surface area contributed by atoms with Gasteiger partial charge < -0.3 is 5.73 Å². The van der Waals surface area contributed by atoms with E-state index in [0.29, 0.717) is 5.56 Å². The van der Waals surface area contributed by atoms with Crippen molar-refractivity contribution in [3.63, 3.8) is 0 Å². The number of carbonyl (C=O) groups is 1. The minimum absolute atomic E-state index is 0.454. The van der Waals surface area contributed by atoms with Crippen molar-refractivity contribution in [2.24, 2.45) is 5.73 Å². The van der Waals surface area contributed by atoms with E-state index in [1.807, 2.05) is 47.2 Å². The average molecular weight is 314 g/mol. The second-order valence-electron chi connectivity index (χ2n) is 5.47. The van der Waals surface area contributed by atoms with Crippen molar-refractivity contribution in [1.29, 1.82) is 0 Å². The number of imidazole rings is 1. The number of aromatic nitrogens is 3. The monoisotopic (exact) mass is 314 g/mol. The zero-order valence-electron chi connectivity index (χ0n) is 12.8. The van der Waals surface area contributed by atoms with E-state index in [0.717, 1.165) is 27.8 Å². The lowest BCUT2D eigenvalue weighted by Crippen LogP contribution is -2.10. The number of carbonyl (C=O) groups excluding carboxylic acids is 1. The Morgan fingerprint density at radius 2 is 1.88 bits per heavy atom. The van der Waals surface area contributed by atoms with Crippen molar-refractivity contribution in [1.82, 2.24) is 14.5 Å². The molecule has 2 aromatic heterocycles. The van der Waals surface area contributed by atoms with Crippen LogP contribution in [0, 0.1) is 0 Å². The molecular formula is C19H14N4O. The third kappa shape index (κ3) is 2.42. The van der Waals surface area contributed by atoms with Crippen LogP contribution in [-0.2, 0) is 0 Å². The fraction of sp³-hybridized carbons (Fsp3) is 0. The van der Waals surface area contributed by atoms with Crippen LogP contribution >= 0.6 is 0 Å². The molecule has 2 N–H and O–H groups in total. The van der Waals surface area contributed by atoms with Crippen LogP contribution in [0.4, 0.5) is 0 Å². The summed E-state index contributed by atoms with van der Waals surface area (Å²) in [4.78, 5) is 19.9. The lowest BCUT2D eigenvalue weighted by atomic mass is 10.1. The molecule has 0 aliphatic carbocycles. The van der Waals surface area contributed by atoms with Crippen molar-refractivity contribution < 1.29 is 4.79 Å². The van der Waals surface area contributed by atoms with Crippen LogP contribution in [0.3, 0.4) is 0 Å². The zero-order valence-corrected chi connectivity index (χ0v) is 12.8. The first-order chi connectivity index (χ1) is 11.7. The normalized spacial score (nSPS) is 10.8. The fourth-order valence-electron chi connectivity index (χ4n) is 2.74. The lowest BCUT2D eigenvalue weighted by molar-refractivity contribution is 0.100. The molecule has 0 saturated heterocycles. The molecule has 4 aromatic rings. The predicted molar refractivity (Wildman–Crippen MR) is 92.8 cm³/mol. The smallest absolute Gasteiger partial charge is 0.248 e. The molecule has 4 rings (SSSR count). The first kappa shape index (κ1) is 14.1. The van der Waals surface area contributed by atoms with Gasteiger partial charge >= 0.3 is 0 Å². The van der Waals surface area contributed by atoms with Gasteiger partial charge in [-0.2, -0.15) is 0 Å². The standard InChI is InChI=1S/C19H14N4O/c20-19(24)14-6-7-18-17(10-14)22-12-23(18)16-5-1-3-13(9-16)15-4-2-8-21-11-15/h1-12H,(H2,20,24). The topological polar surface area (TPSA) is 73.8 Å². The summed E-state index contributed by atoms with van der Waals surface area (Å²) in [7, 11) is 0. The molecule has 116 valence electrons. The Kier molecular flexibility index (Phi) is 3.31. The molecule has 0 radical (unpaired) electrons. The number of benzene rings is 2. The van der Waals surface area contributed by atoms with Crippen LogP contribution in [0.15, 0.2) is 73.3 Å². The van der Waals surface area contributed by atoms with Gasteiger partial charge in [0, 0.05) is 29.2 Å². The maximum atomic E-state index is 11.3. The van der Waals surface area contributed by atoms with E-state index in [9.17, 15) is 4.79 Å². The van der Waals surface area contributed by atoms with Crippen molar-refractivity contribution >= 4 is 16.9 Å². The third-order valence-electron chi connectivity index (χ3n) is 3.95. The average Bonchev–Trinajstić information content (AvgIpc) is 3.06. The molecule has 1 amide bonds. The van der Waals surface area contributed by atoms with Gasteiger partial charge in [0.25, 0.3) is 0 Å². The minimum Gasteiger partial charge on any atom is -0.366 e. The van der Waals surface area contributed by atoms with E-state index < -0.39 is 5.91 Å². The molecule has 0 spiro atoms. The highest BCUT2D eigenvalue weighted by Gasteiger charge is 2.08. The molecule has 2 heterocycles. The summed E-state index contributed by atoms with van der Waals surface area (Å²) in [5.41, 5.74) is 10.6. The van der Waals surface area contributed by atoms with Gasteiger partial charge in [0.05, 0.1) is 11.0 Å². The Hall–Kier alpha value is -3.47. The third-order valence-corrected chi connectivity index (χ3v) is 3.95. The molecule has 0 atom stereocenters. The van der Waals surface area contributed by atoms with Gasteiger partial charge in [-0.05, 0) is 42.0 Å². The summed E-state index contributed by atoms with van der Waals surface area (Å²) in [6.45, 7) is 0. The van der Waals surface area contributed by atoms with Crippen molar-refractivity contribution in [3.8, 4) is 16.8 Å². The minimum atomic E-state index is -0.454. The summed E-state index contributed by atoms with van der Waals surface area (Å²) in [6, 6.07) is 17.4. The largest absolute Gasteiger partial charge is 0.366 e. The molecule has 2 aromatic carbocycles. The quantitative estimate of drug-likeness (QED) is 0.631. The summed E-state index contributed by atoms with van der Waals surface area (Å²) >= 11 is 0. The van der Waals surface area contributed by atoms with Gasteiger partial charge in [-0.25, -0.2) is 4.98 Å². The number of rotatable bonds is 3. The maximum Gasteiger partial charge on any atom is 0.248 e. The molecule has 0 saturated carbocycles. The van der Waals surface area contributed by atoms with Gasteiger partial charge in [-0.15, -0.1) is 0 Å². The van der Waals surface area contributed by atoms with Crippen molar-refractivity contribution in [2.75, 3.05) is 0 Å². The number of amides is 1. The van der Waals surface area contributed by atoms with Crippen LogP contribution in [0.25, 0.3) is 27.8 Å². The molecule has 0 aliphatic rings. The Labute approximate surface area is 138 Å². The van der Waals surface area contributed by atoms with Gasteiger partial charge in [0.2, 0.25) is 5.91 Å². The summed E-state index contributed by atoms with van der Waals surface area (Å²) in [6.07, 6.45) is 5.34. The summed E-state index contributed by atoms with van der Waals surface area (Å²) in [5, 5.41) is 0. The van der Waals surface area contributed by atoms with E-state index in [2.05, 4.69) is 16.0 Å². The molecule has 0 unspecified atom stereocenters. The second-order valence-corrected chi connectivity index (χ2v) is 5.47. The Morgan fingerprint density at radius 1 is 1.00 bits per heavy atom. The van der Waals surface area contributed by atoms with E-state index in [1.165, 1.54) is 0 Å². The Bertz CT molecular complexity index is 1040. The summed E-state index contributed by atoms with van der Waals surface area (Å²) < 4.78 is 1.99. The number of hydrogen-bond acceptors (Lipinski definition) is 3. The van der Waals surface area contributed by atoms with Gasteiger partial charge in [-0.1, -0.05) is 18.2 Å². The van der Waals surface area contributed by atoms with E-state index >= 15 is 0 Å². The molecule has 0 bridgehead atoms. The number of fused-ring (bicyclic) bond motifs is 1. The van der Waals surface area contributed by atoms with Gasteiger partial charge in [-0.3, -0.25) is 14.3 Å². The molecule has 0 fully saturated rings. The number of hydrogen-bond donors (Lipinski definition) is 1. The van der Waals surface area contributed by atoms with Gasteiger partial charge in [0.15, 0.2) is 0 Å². The predicted octanol–water partition coefficient (Wildman–Crippen LogP) is 3.19.